The molecule has 2 aromatic carbocycles. The zero-order valence-corrected chi connectivity index (χ0v) is 14.3. The zero-order chi connectivity index (χ0) is 17.1. The summed E-state index contributed by atoms with van der Waals surface area (Å²) >= 11 is 5.90. The summed E-state index contributed by atoms with van der Waals surface area (Å²) in [5.41, 5.74) is 3.38. The fraction of sp³-hybridized carbons (Fsp3) is 0.263. The molecule has 0 saturated heterocycles. The van der Waals surface area contributed by atoms with Crippen molar-refractivity contribution in [2.24, 2.45) is 0 Å². The molecule has 0 spiro atoms. The van der Waals surface area contributed by atoms with Crippen molar-refractivity contribution >= 4 is 28.7 Å². The van der Waals surface area contributed by atoms with Crippen LogP contribution in [0.2, 0.25) is 5.02 Å². The standard InChI is InChI=1S/C19H18ClNO3/c1-3-23-19(22)12(2)14-6-9-16-17(11-14)24-18(21-16)10-13-4-7-15(20)8-5-13/h4-9,11-12H,3,10H2,1-2H3. The predicted octanol–water partition coefficient (Wildman–Crippen LogP) is 4.74. The maximum atomic E-state index is 11.9. The second kappa shape index (κ2) is 7.05. The van der Waals surface area contributed by atoms with E-state index in [0.29, 0.717) is 29.5 Å². The number of carbonyl (C=O) groups is 1. The van der Waals surface area contributed by atoms with Crippen LogP contribution in [0, 0.1) is 0 Å². The highest BCUT2D eigenvalue weighted by molar-refractivity contribution is 6.30. The Balaban J connectivity index is 1.83. The average molecular weight is 344 g/mol. The maximum Gasteiger partial charge on any atom is 0.313 e. The van der Waals surface area contributed by atoms with Gasteiger partial charge in [0.1, 0.15) is 5.52 Å². The third-order valence-electron chi connectivity index (χ3n) is 3.87. The number of carbonyl (C=O) groups excluding carboxylic acids is 1. The Kier molecular flexibility index (Phi) is 4.86. The average Bonchev–Trinajstić information content (AvgIpc) is 2.97. The van der Waals surface area contributed by atoms with Gasteiger partial charge < -0.3 is 9.15 Å². The quantitative estimate of drug-likeness (QED) is 0.628. The molecule has 0 aliphatic rings. The van der Waals surface area contributed by atoms with Crippen molar-refractivity contribution in [3.63, 3.8) is 0 Å². The van der Waals surface area contributed by atoms with E-state index in [1.807, 2.05) is 49.4 Å². The monoisotopic (exact) mass is 343 g/mol. The Labute approximate surface area is 145 Å². The van der Waals surface area contributed by atoms with Crippen LogP contribution in [0.25, 0.3) is 11.1 Å². The summed E-state index contributed by atoms with van der Waals surface area (Å²) in [6.07, 6.45) is 0.592. The Hall–Kier alpha value is -2.33. The van der Waals surface area contributed by atoms with E-state index in [-0.39, 0.29) is 11.9 Å². The number of hydrogen-bond donors (Lipinski definition) is 0. The summed E-state index contributed by atoms with van der Waals surface area (Å²) in [6, 6.07) is 13.2. The van der Waals surface area contributed by atoms with Crippen molar-refractivity contribution in [3.05, 3.63) is 64.5 Å². The SMILES string of the molecule is CCOC(=O)C(C)c1ccc2nc(Cc3ccc(Cl)cc3)oc2c1. The van der Waals surface area contributed by atoms with Gasteiger partial charge in [-0.2, -0.15) is 0 Å². The number of esters is 1. The van der Waals surface area contributed by atoms with Crippen LogP contribution in [-0.4, -0.2) is 17.6 Å². The molecule has 0 aliphatic carbocycles. The molecule has 0 fully saturated rings. The van der Waals surface area contributed by atoms with E-state index in [2.05, 4.69) is 4.98 Å². The van der Waals surface area contributed by atoms with Gasteiger partial charge in [0.15, 0.2) is 11.5 Å². The topological polar surface area (TPSA) is 52.3 Å². The van der Waals surface area contributed by atoms with Gasteiger partial charge in [0.2, 0.25) is 0 Å². The second-order valence-corrected chi connectivity index (χ2v) is 6.05. The molecule has 0 N–H and O–H groups in total. The molecule has 4 nitrogen and oxygen atoms in total. The van der Waals surface area contributed by atoms with Crippen LogP contribution in [0.3, 0.4) is 0 Å². The minimum atomic E-state index is -0.334. The largest absolute Gasteiger partial charge is 0.466 e. The van der Waals surface area contributed by atoms with Crippen LogP contribution in [0.1, 0.15) is 36.8 Å². The van der Waals surface area contributed by atoms with Gasteiger partial charge >= 0.3 is 5.97 Å². The fourth-order valence-electron chi connectivity index (χ4n) is 2.51. The molecule has 0 saturated carbocycles. The molecule has 0 radical (unpaired) electrons. The molecular weight excluding hydrogens is 326 g/mol. The van der Waals surface area contributed by atoms with E-state index in [9.17, 15) is 4.79 Å². The van der Waals surface area contributed by atoms with Gasteiger partial charge in [-0.15, -0.1) is 0 Å². The Bertz CT molecular complexity index is 855. The summed E-state index contributed by atoms with van der Waals surface area (Å²) in [4.78, 5) is 16.4. The van der Waals surface area contributed by atoms with Crippen molar-refractivity contribution < 1.29 is 13.9 Å². The molecule has 1 heterocycles. The molecule has 1 atom stereocenters. The van der Waals surface area contributed by atoms with Gasteiger partial charge in [-0.3, -0.25) is 4.79 Å². The molecule has 124 valence electrons. The first-order valence-corrected chi connectivity index (χ1v) is 8.25. The van der Waals surface area contributed by atoms with Crippen molar-refractivity contribution in [2.45, 2.75) is 26.2 Å². The van der Waals surface area contributed by atoms with Crippen LogP contribution >= 0.6 is 11.6 Å². The normalized spacial score (nSPS) is 12.3. The highest BCUT2D eigenvalue weighted by Crippen LogP contribution is 2.24. The second-order valence-electron chi connectivity index (χ2n) is 5.61. The highest BCUT2D eigenvalue weighted by Gasteiger charge is 2.18. The summed E-state index contributed by atoms with van der Waals surface area (Å²) in [5.74, 6) is 0.0604. The third-order valence-corrected chi connectivity index (χ3v) is 4.12. The Morgan fingerprint density at radius 1 is 1.25 bits per heavy atom. The van der Waals surface area contributed by atoms with E-state index in [0.717, 1.165) is 16.6 Å². The first kappa shape index (κ1) is 16.5. The van der Waals surface area contributed by atoms with Crippen LogP contribution in [0.15, 0.2) is 46.9 Å². The summed E-state index contributed by atoms with van der Waals surface area (Å²) in [6.45, 7) is 4.00. The fourth-order valence-corrected chi connectivity index (χ4v) is 2.64. The molecule has 24 heavy (non-hydrogen) atoms. The zero-order valence-electron chi connectivity index (χ0n) is 13.6. The van der Waals surface area contributed by atoms with Gasteiger partial charge in [0.25, 0.3) is 0 Å². The number of fused-ring (bicyclic) bond motifs is 1. The lowest BCUT2D eigenvalue weighted by Crippen LogP contribution is -2.12. The van der Waals surface area contributed by atoms with Gasteiger partial charge in [-0.25, -0.2) is 4.98 Å². The van der Waals surface area contributed by atoms with Crippen molar-refractivity contribution in [2.75, 3.05) is 6.61 Å². The van der Waals surface area contributed by atoms with Crippen LogP contribution in [0.4, 0.5) is 0 Å². The molecule has 0 aliphatic heterocycles. The molecular formula is C19H18ClNO3. The van der Waals surface area contributed by atoms with E-state index in [4.69, 9.17) is 20.8 Å². The lowest BCUT2D eigenvalue weighted by molar-refractivity contribution is -0.144. The van der Waals surface area contributed by atoms with E-state index >= 15 is 0 Å². The molecule has 3 aromatic rings. The lowest BCUT2D eigenvalue weighted by atomic mass is 10.0. The number of rotatable bonds is 5. The molecule has 0 amide bonds. The number of ether oxygens (including phenoxy) is 1. The minimum Gasteiger partial charge on any atom is -0.466 e. The van der Waals surface area contributed by atoms with Gasteiger partial charge in [-0.05, 0) is 49.2 Å². The number of hydrogen-bond acceptors (Lipinski definition) is 4. The number of halogens is 1. The molecule has 3 rings (SSSR count). The molecule has 0 bridgehead atoms. The molecule has 1 unspecified atom stereocenters. The number of aromatic nitrogens is 1. The molecule has 1 aromatic heterocycles. The number of benzene rings is 2. The highest BCUT2D eigenvalue weighted by atomic mass is 35.5. The molecule has 5 heteroatoms. The summed E-state index contributed by atoms with van der Waals surface area (Å²) in [7, 11) is 0. The summed E-state index contributed by atoms with van der Waals surface area (Å²) < 4.78 is 10.9. The number of nitrogens with zero attached hydrogens (tertiary/aromatic N) is 1. The Morgan fingerprint density at radius 3 is 2.71 bits per heavy atom. The van der Waals surface area contributed by atoms with Crippen LogP contribution in [-0.2, 0) is 16.0 Å². The van der Waals surface area contributed by atoms with Gasteiger partial charge in [-0.1, -0.05) is 29.8 Å². The van der Waals surface area contributed by atoms with E-state index in [1.54, 1.807) is 6.92 Å². The third kappa shape index (κ3) is 3.60. The van der Waals surface area contributed by atoms with Crippen molar-refractivity contribution in [1.29, 1.82) is 0 Å². The van der Waals surface area contributed by atoms with E-state index in [1.165, 1.54) is 0 Å². The van der Waals surface area contributed by atoms with Crippen molar-refractivity contribution in [3.8, 4) is 0 Å². The lowest BCUT2D eigenvalue weighted by Gasteiger charge is -2.10. The van der Waals surface area contributed by atoms with Gasteiger partial charge in [0.05, 0.1) is 12.5 Å². The maximum absolute atomic E-state index is 11.9. The van der Waals surface area contributed by atoms with Gasteiger partial charge in [0, 0.05) is 11.4 Å². The minimum absolute atomic E-state index is 0.238. The first-order valence-electron chi connectivity index (χ1n) is 7.87. The summed E-state index contributed by atoms with van der Waals surface area (Å²) in [5, 5.41) is 0.703. The number of oxazole rings is 1. The Morgan fingerprint density at radius 2 is 2.00 bits per heavy atom. The van der Waals surface area contributed by atoms with Crippen molar-refractivity contribution in [1.82, 2.24) is 4.98 Å². The van der Waals surface area contributed by atoms with Crippen LogP contribution in [0.5, 0.6) is 0 Å². The first-order chi connectivity index (χ1) is 11.6. The smallest absolute Gasteiger partial charge is 0.313 e. The van der Waals surface area contributed by atoms with Crippen LogP contribution < -0.4 is 0 Å². The van der Waals surface area contributed by atoms with E-state index < -0.39 is 0 Å². The predicted molar refractivity (Wildman–Crippen MR) is 93.3 cm³/mol.